The van der Waals surface area contributed by atoms with Gasteiger partial charge in [0.15, 0.2) is 0 Å². The average molecular weight is 408 g/mol. The number of carboxylic acid groups (broad SMARTS) is 1. The lowest BCUT2D eigenvalue weighted by Gasteiger charge is -2.29. The molecule has 11 heteroatoms. The van der Waals surface area contributed by atoms with E-state index in [4.69, 9.17) is 10.8 Å². The molecule has 2 heterocycles. The van der Waals surface area contributed by atoms with Crippen LogP contribution < -0.4 is 16.4 Å². The number of hydrogen-bond acceptors (Lipinski definition) is 6. The van der Waals surface area contributed by atoms with E-state index < -0.39 is 48.4 Å². The molecule has 6 N–H and O–H groups in total. The van der Waals surface area contributed by atoms with Gasteiger partial charge in [-0.3, -0.25) is 19.2 Å². The van der Waals surface area contributed by atoms with Crippen LogP contribution in [0, 0.1) is 5.92 Å². The Bertz CT molecular complexity index is 735. The zero-order chi connectivity index (χ0) is 21.6. The second-order valence-electron chi connectivity index (χ2n) is 7.41. The molecule has 1 aliphatic heterocycles. The number of imidazole rings is 1. The first kappa shape index (κ1) is 22.3. The van der Waals surface area contributed by atoms with Crippen molar-refractivity contribution in [3.8, 4) is 0 Å². The molecule has 29 heavy (non-hydrogen) atoms. The zero-order valence-corrected chi connectivity index (χ0v) is 16.6. The second-order valence-corrected chi connectivity index (χ2v) is 7.41. The van der Waals surface area contributed by atoms with Crippen molar-refractivity contribution in [2.75, 3.05) is 13.1 Å². The number of rotatable bonds is 9. The Hall–Kier alpha value is -2.95. The largest absolute Gasteiger partial charge is 0.480 e. The van der Waals surface area contributed by atoms with Crippen LogP contribution in [0.4, 0.5) is 0 Å². The first-order chi connectivity index (χ1) is 13.7. The molecule has 160 valence electrons. The van der Waals surface area contributed by atoms with E-state index in [2.05, 4.69) is 20.6 Å². The summed E-state index contributed by atoms with van der Waals surface area (Å²) in [6.07, 6.45) is 4.21. The van der Waals surface area contributed by atoms with Crippen molar-refractivity contribution in [1.82, 2.24) is 25.5 Å². The molecular formula is C18H28N6O5. The third-order valence-electron chi connectivity index (χ3n) is 4.87. The van der Waals surface area contributed by atoms with Crippen LogP contribution >= 0.6 is 0 Å². The standard InChI is InChI=1S/C18H28N6O5/c1-10(2)15(19)17(28)23-12(6-11-7-20-9-22-11)18(29)24-5-3-4-13(24)16(27)21-8-14(25)26/h7,9-10,12-13,15H,3-6,8,19H2,1-2H3,(H,20,22)(H,21,27)(H,23,28)(H,25,26). The monoisotopic (exact) mass is 408 g/mol. The molecule has 2 rings (SSSR count). The molecule has 11 nitrogen and oxygen atoms in total. The van der Waals surface area contributed by atoms with Gasteiger partial charge in [-0.25, -0.2) is 4.98 Å². The van der Waals surface area contributed by atoms with E-state index >= 15 is 0 Å². The minimum absolute atomic E-state index is 0.112. The Labute approximate surface area is 168 Å². The summed E-state index contributed by atoms with van der Waals surface area (Å²) in [5.41, 5.74) is 6.55. The number of hydrogen-bond donors (Lipinski definition) is 5. The summed E-state index contributed by atoms with van der Waals surface area (Å²) < 4.78 is 0. The summed E-state index contributed by atoms with van der Waals surface area (Å²) in [6, 6.07) is -2.48. The van der Waals surface area contributed by atoms with Gasteiger partial charge in [0, 0.05) is 24.9 Å². The molecule has 0 bridgehead atoms. The summed E-state index contributed by atoms with van der Waals surface area (Å²) in [5, 5.41) is 13.7. The number of carbonyl (C=O) groups is 4. The Morgan fingerprint density at radius 2 is 2.10 bits per heavy atom. The number of amides is 3. The first-order valence-electron chi connectivity index (χ1n) is 9.54. The quantitative estimate of drug-likeness (QED) is 0.335. The molecule has 1 aromatic heterocycles. The highest BCUT2D eigenvalue weighted by molar-refractivity contribution is 5.94. The fourth-order valence-electron chi connectivity index (χ4n) is 3.17. The molecule has 1 saturated heterocycles. The molecule has 0 aliphatic carbocycles. The predicted octanol–water partition coefficient (Wildman–Crippen LogP) is -1.39. The van der Waals surface area contributed by atoms with E-state index in [1.54, 1.807) is 20.0 Å². The van der Waals surface area contributed by atoms with Crippen molar-refractivity contribution in [2.45, 2.75) is 51.2 Å². The van der Waals surface area contributed by atoms with Crippen molar-refractivity contribution in [2.24, 2.45) is 11.7 Å². The molecule has 3 atom stereocenters. The smallest absolute Gasteiger partial charge is 0.322 e. The number of carbonyl (C=O) groups excluding carboxylic acids is 3. The zero-order valence-electron chi connectivity index (χ0n) is 16.6. The third kappa shape index (κ3) is 6.01. The number of likely N-dealkylation sites (tertiary alicyclic amines) is 1. The molecule has 0 saturated carbocycles. The Morgan fingerprint density at radius 1 is 1.38 bits per heavy atom. The molecule has 1 aliphatic rings. The molecule has 0 aromatic carbocycles. The molecule has 0 radical (unpaired) electrons. The minimum atomic E-state index is -1.17. The highest BCUT2D eigenvalue weighted by atomic mass is 16.4. The summed E-state index contributed by atoms with van der Waals surface area (Å²) in [7, 11) is 0. The van der Waals surface area contributed by atoms with Crippen LogP contribution in [-0.4, -0.2) is 74.9 Å². The highest BCUT2D eigenvalue weighted by Gasteiger charge is 2.38. The lowest BCUT2D eigenvalue weighted by Crippen LogP contribution is -2.57. The van der Waals surface area contributed by atoms with Crippen molar-refractivity contribution < 1.29 is 24.3 Å². The molecule has 3 amide bonds. The van der Waals surface area contributed by atoms with Gasteiger partial charge in [0.2, 0.25) is 17.7 Å². The Balaban J connectivity index is 2.15. The number of H-pyrrole nitrogens is 1. The highest BCUT2D eigenvalue weighted by Crippen LogP contribution is 2.19. The average Bonchev–Trinajstić information content (AvgIpc) is 3.35. The van der Waals surface area contributed by atoms with Gasteiger partial charge < -0.3 is 31.4 Å². The molecule has 0 spiro atoms. The van der Waals surface area contributed by atoms with E-state index in [1.165, 1.54) is 11.2 Å². The molecule has 1 aromatic rings. The number of nitrogens with zero attached hydrogens (tertiary/aromatic N) is 2. The topological polar surface area (TPSA) is 171 Å². The van der Waals surface area contributed by atoms with Crippen molar-refractivity contribution in [3.05, 3.63) is 18.2 Å². The van der Waals surface area contributed by atoms with Gasteiger partial charge in [-0.2, -0.15) is 0 Å². The lowest BCUT2D eigenvalue weighted by molar-refractivity contribution is -0.143. The van der Waals surface area contributed by atoms with Crippen LogP contribution in [0.2, 0.25) is 0 Å². The fourth-order valence-corrected chi connectivity index (χ4v) is 3.17. The van der Waals surface area contributed by atoms with Gasteiger partial charge in [-0.05, 0) is 18.8 Å². The minimum Gasteiger partial charge on any atom is -0.480 e. The van der Waals surface area contributed by atoms with Crippen LogP contribution in [0.3, 0.4) is 0 Å². The van der Waals surface area contributed by atoms with Gasteiger partial charge in [0.05, 0.1) is 12.4 Å². The number of nitrogens with two attached hydrogens (primary N) is 1. The second kappa shape index (κ2) is 10.0. The number of nitrogens with one attached hydrogen (secondary N) is 3. The van der Waals surface area contributed by atoms with E-state index in [9.17, 15) is 19.2 Å². The maximum atomic E-state index is 13.2. The van der Waals surface area contributed by atoms with Crippen LogP contribution in [-0.2, 0) is 25.6 Å². The number of aromatic amines is 1. The summed E-state index contributed by atoms with van der Waals surface area (Å²) in [6.45, 7) is 3.43. The van der Waals surface area contributed by atoms with E-state index in [-0.39, 0.29) is 12.3 Å². The maximum absolute atomic E-state index is 13.2. The predicted molar refractivity (Wildman–Crippen MR) is 102 cm³/mol. The summed E-state index contributed by atoms with van der Waals surface area (Å²) in [5.74, 6) is -2.68. The normalized spacial score (nSPS) is 18.3. The Kier molecular flexibility index (Phi) is 7.71. The fraction of sp³-hybridized carbons (Fsp3) is 0.611. The SMILES string of the molecule is CC(C)C(N)C(=O)NC(Cc1cnc[nH]1)C(=O)N1CCCC1C(=O)NCC(=O)O. The van der Waals surface area contributed by atoms with Crippen LogP contribution in [0.25, 0.3) is 0 Å². The van der Waals surface area contributed by atoms with Crippen LogP contribution in [0.1, 0.15) is 32.4 Å². The van der Waals surface area contributed by atoms with Gasteiger partial charge in [0.1, 0.15) is 18.6 Å². The number of aliphatic carboxylic acids is 1. The maximum Gasteiger partial charge on any atom is 0.322 e. The lowest BCUT2D eigenvalue weighted by atomic mass is 10.0. The number of carboxylic acids is 1. The van der Waals surface area contributed by atoms with Crippen molar-refractivity contribution in [3.63, 3.8) is 0 Å². The number of aromatic nitrogens is 2. The van der Waals surface area contributed by atoms with Gasteiger partial charge >= 0.3 is 5.97 Å². The van der Waals surface area contributed by atoms with E-state index in [0.29, 0.717) is 25.1 Å². The molecule has 3 unspecified atom stereocenters. The van der Waals surface area contributed by atoms with E-state index in [0.717, 1.165) is 0 Å². The van der Waals surface area contributed by atoms with Gasteiger partial charge in [0.25, 0.3) is 0 Å². The van der Waals surface area contributed by atoms with Crippen LogP contribution in [0.15, 0.2) is 12.5 Å². The molecule has 1 fully saturated rings. The molecular weight excluding hydrogens is 380 g/mol. The van der Waals surface area contributed by atoms with Crippen molar-refractivity contribution >= 4 is 23.7 Å². The van der Waals surface area contributed by atoms with Crippen molar-refractivity contribution in [1.29, 1.82) is 0 Å². The summed E-state index contributed by atoms with van der Waals surface area (Å²) >= 11 is 0. The van der Waals surface area contributed by atoms with Gasteiger partial charge in [-0.15, -0.1) is 0 Å². The van der Waals surface area contributed by atoms with Crippen LogP contribution in [0.5, 0.6) is 0 Å². The third-order valence-corrected chi connectivity index (χ3v) is 4.87. The summed E-state index contributed by atoms with van der Waals surface area (Å²) in [4.78, 5) is 56.9. The van der Waals surface area contributed by atoms with Gasteiger partial charge in [-0.1, -0.05) is 13.8 Å². The Morgan fingerprint density at radius 3 is 2.69 bits per heavy atom. The van der Waals surface area contributed by atoms with E-state index in [1.807, 2.05) is 0 Å². The first-order valence-corrected chi connectivity index (χ1v) is 9.54.